The van der Waals surface area contributed by atoms with Crippen molar-refractivity contribution in [3.63, 3.8) is 0 Å². The summed E-state index contributed by atoms with van der Waals surface area (Å²) in [7, 11) is 0. The fourth-order valence-corrected chi connectivity index (χ4v) is 2.40. The quantitative estimate of drug-likeness (QED) is 0.889. The van der Waals surface area contributed by atoms with Crippen LogP contribution in [0.1, 0.15) is 16.7 Å². The van der Waals surface area contributed by atoms with Crippen molar-refractivity contribution in [1.29, 1.82) is 0 Å². The Balaban J connectivity index is 1.77. The number of nitrogens with one attached hydrogen (secondary N) is 1. The van der Waals surface area contributed by atoms with Crippen molar-refractivity contribution in [1.82, 2.24) is 5.32 Å². The predicted molar refractivity (Wildman–Crippen MR) is 72.6 cm³/mol. The number of para-hydroxylation sites is 1. The summed E-state index contributed by atoms with van der Waals surface area (Å²) in [6.07, 6.45) is 1.12. The van der Waals surface area contributed by atoms with Crippen LogP contribution in [0.25, 0.3) is 0 Å². The summed E-state index contributed by atoms with van der Waals surface area (Å²) in [5.74, 6) is 0.930. The van der Waals surface area contributed by atoms with Crippen LogP contribution >= 0.6 is 0 Å². The molecule has 2 aromatic rings. The molecule has 0 amide bonds. The maximum Gasteiger partial charge on any atom is 0.119 e. The third-order valence-electron chi connectivity index (χ3n) is 3.38. The van der Waals surface area contributed by atoms with Gasteiger partial charge in [0.2, 0.25) is 0 Å². The van der Waals surface area contributed by atoms with Crippen LogP contribution in [0.3, 0.4) is 0 Å². The molecule has 0 saturated carbocycles. The zero-order valence-corrected chi connectivity index (χ0v) is 10.4. The van der Waals surface area contributed by atoms with E-state index in [4.69, 9.17) is 4.74 Å². The molecule has 2 nitrogen and oxygen atoms in total. The first-order valence-electron chi connectivity index (χ1n) is 6.42. The van der Waals surface area contributed by atoms with E-state index in [9.17, 15) is 0 Å². The monoisotopic (exact) mass is 239 g/mol. The van der Waals surface area contributed by atoms with E-state index >= 15 is 0 Å². The van der Waals surface area contributed by atoms with Crippen LogP contribution in [0.2, 0.25) is 0 Å². The smallest absolute Gasteiger partial charge is 0.119 e. The normalized spacial score (nSPS) is 14.0. The van der Waals surface area contributed by atoms with Gasteiger partial charge in [0.1, 0.15) is 12.4 Å². The van der Waals surface area contributed by atoms with Gasteiger partial charge in [-0.2, -0.15) is 0 Å². The van der Waals surface area contributed by atoms with Gasteiger partial charge >= 0.3 is 0 Å². The standard InChI is InChI=1S/C16H17NO/c1-2-7-15(8-3-1)18-12-14-6-4-5-13-9-10-17-11-16(13)14/h1-8,17H,9-12H2. The Morgan fingerprint density at radius 1 is 1.00 bits per heavy atom. The Morgan fingerprint density at radius 2 is 1.89 bits per heavy atom. The van der Waals surface area contributed by atoms with Gasteiger partial charge < -0.3 is 10.1 Å². The number of benzene rings is 2. The zero-order valence-electron chi connectivity index (χ0n) is 10.4. The predicted octanol–water partition coefficient (Wildman–Crippen LogP) is 2.91. The minimum Gasteiger partial charge on any atom is -0.489 e. The van der Waals surface area contributed by atoms with E-state index in [1.54, 1.807) is 0 Å². The molecule has 0 atom stereocenters. The molecular weight excluding hydrogens is 222 g/mol. The molecule has 0 spiro atoms. The van der Waals surface area contributed by atoms with Gasteiger partial charge in [-0.1, -0.05) is 36.4 Å². The molecule has 0 saturated heterocycles. The van der Waals surface area contributed by atoms with E-state index in [0.717, 1.165) is 25.3 Å². The molecule has 0 unspecified atom stereocenters. The van der Waals surface area contributed by atoms with E-state index in [0.29, 0.717) is 6.61 Å². The summed E-state index contributed by atoms with van der Waals surface area (Å²) in [6.45, 7) is 2.69. The second kappa shape index (κ2) is 5.23. The molecule has 3 rings (SSSR count). The van der Waals surface area contributed by atoms with Crippen LogP contribution in [-0.4, -0.2) is 6.54 Å². The highest BCUT2D eigenvalue weighted by Gasteiger charge is 2.12. The number of ether oxygens (including phenoxy) is 1. The second-order valence-corrected chi connectivity index (χ2v) is 4.58. The van der Waals surface area contributed by atoms with Gasteiger partial charge in [-0.3, -0.25) is 0 Å². The molecule has 2 heteroatoms. The van der Waals surface area contributed by atoms with Gasteiger partial charge in [0.05, 0.1) is 0 Å². The first kappa shape index (κ1) is 11.3. The molecule has 1 aliphatic heterocycles. The lowest BCUT2D eigenvalue weighted by Gasteiger charge is -2.20. The minimum absolute atomic E-state index is 0.648. The average Bonchev–Trinajstić information content (AvgIpc) is 2.46. The van der Waals surface area contributed by atoms with Crippen molar-refractivity contribution in [2.24, 2.45) is 0 Å². The third-order valence-corrected chi connectivity index (χ3v) is 3.38. The summed E-state index contributed by atoms with van der Waals surface area (Å²) in [4.78, 5) is 0. The van der Waals surface area contributed by atoms with Crippen LogP contribution in [0.5, 0.6) is 5.75 Å². The van der Waals surface area contributed by atoms with E-state index in [-0.39, 0.29) is 0 Å². The second-order valence-electron chi connectivity index (χ2n) is 4.58. The summed E-state index contributed by atoms with van der Waals surface area (Å²) in [5, 5.41) is 3.42. The van der Waals surface area contributed by atoms with Crippen LogP contribution in [-0.2, 0) is 19.6 Å². The molecule has 1 heterocycles. The van der Waals surface area contributed by atoms with Gasteiger partial charge in [-0.05, 0) is 41.8 Å². The molecule has 0 aliphatic carbocycles. The molecule has 0 fully saturated rings. The average molecular weight is 239 g/mol. The fraction of sp³-hybridized carbons (Fsp3) is 0.250. The van der Waals surface area contributed by atoms with Crippen LogP contribution < -0.4 is 10.1 Å². The lowest BCUT2D eigenvalue weighted by Crippen LogP contribution is -2.25. The summed E-state index contributed by atoms with van der Waals surface area (Å²) >= 11 is 0. The van der Waals surface area contributed by atoms with Crippen molar-refractivity contribution < 1.29 is 4.74 Å². The van der Waals surface area contributed by atoms with Crippen molar-refractivity contribution in [2.45, 2.75) is 19.6 Å². The lowest BCUT2D eigenvalue weighted by molar-refractivity contribution is 0.304. The Kier molecular flexibility index (Phi) is 3.29. The SMILES string of the molecule is c1ccc(OCc2cccc3c2CNCC3)cc1. The van der Waals surface area contributed by atoms with Gasteiger partial charge in [0.25, 0.3) is 0 Å². The Morgan fingerprint density at radius 3 is 2.78 bits per heavy atom. The summed E-state index contributed by atoms with van der Waals surface area (Å²) in [6, 6.07) is 16.5. The fourth-order valence-electron chi connectivity index (χ4n) is 2.40. The third kappa shape index (κ3) is 2.39. The number of rotatable bonds is 3. The lowest BCUT2D eigenvalue weighted by atomic mass is 9.96. The summed E-state index contributed by atoms with van der Waals surface area (Å²) in [5.41, 5.74) is 4.17. The number of hydrogen-bond acceptors (Lipinski definition) is 2. The molecule has 18 heavy (non-hydrogen) atoms. The first-order valence-corrected chi connectivity index (χ1v) is 6.42. The van der Waals surface area contributed by atoms with Crippen LogP contribution in [0, 0.1) is 0 Å². The summed E-state index contributed by atoms with van der Waals surface area (Å²) < 4.78 is 5.83. The van der Waals surface area contributed by atoms with Crippen molar-refractivity contribution in [3.05, 3.63) is 65.2 Å². The minimum atomic E-state index is 0.648. The molecule has 2 aromatic carbocycles. The van der Waals surface area contributed by atoms with Crippen molar-refractivity contribution in [2.75, 3.05) is 6.54 Å². The van der Waals surface area contributed by atoms with Gasteiger partial charge in [0, 0.05) is 6.54 Å². The first-order chi connectivity index (χ1) is 8.93. The van der Waals surface area contributed by atoms with Crippen molar-refractivity contribution in [3.8, 4) is 5.75 Å². The molecule has 0 bridgehead atoms. The zero-order chi connectivity index (χ0) is 12.2. The highest BCUT2D eigenvalue weighted by Crippen LogP contribution is 2.20. The van der Waals surface area contributed by atoms with E-state index in [1.165, 1.54) is 16.7 Å². The molecule has 0 aromatic heterocycles. The topological polar surface area (TPSA) is 21.3 Å². The van der Waals surface area contributed by atoms with Gasteiger partial charge in [-0.15, -0.1) is 0 Å². The Labute approximate surface area is 108 Å². The maximum absolute atomic E-state index is 5.83. The van der Waals surface area contributed by atoms with E-state index in [1.807, 2.05) is 30.3 Å². The van der Waals surface area contributed by atoms with E-state index in [2.05, 4.69) is 23.5 Å². The number of hydrogen-bond donors (Lipinski definition) is 1. The molecule has 92 valence electrons. The molecule has 1 N–H and O–H groups in total. The molecule has 0 radical (unpaired) electrons. The van der Waals surface area contributed by atoms with E-state index < -0.39 is 0 Å². The number of fused-ring (bicyclic) bond motifs is 1. The maximum atomic E-state index is 5.83. The van der Waals surface area contributed by atoms with Crippen molar-refractivity contribution >= 4 is 0 Å². The molecular formula is C16H17NO. The highest BCUT2D eigenvalue weighted by atomic mass is 16.5. The largest absolute Gasteiger partial charge is 0.489 e. The van der Waals surface area contributed by atoms with Gasteiger partial charge in [-0.25, -0.2) is 0 Å². The van der Waals surface area contributed by atoms with Crippen LogP contribution in [0.4, 0.5) is 0 Å². The Bertz CT molecular complexity index is 522. The molecule has 1 aliphatic rings. The van der Waals surface area contributed by atoms with Gasteiger partial charge in [0.15, 0.2) is 0 Å². The van der Waals surface area contributed by atoms with Crippen LogP contribution in [0.15, 0.2) is 48.5 Å². The highest BCUT2D eigenvalue weighted by molar-refractivity contribution is 5.37. The Hall–Kier alpha value is -1.80.